The molecule has 0 aromatic heterocycles. The van der Waals surface area contributed by atoms with Gasteiger partial charge >= 0.3 is 0 Å². The van der Waals surface area contributed by atoms with Crippen LogP contribution >= 0.6 is 0 Å². The Balaban J connectivity index is 2.62. The van der Waals surface area contributed by atoms with E-state index in [-0.39, 0.29) is 0 Å². The predicted molar refractivity (Wildman–Crippen MR) is 71.4 cm³/mol. The highest BCUT2D eigenvalue weighted by molar-refractivity contribution is 6.19. The first kappa shape index (κ1) is 11.8. The molecule has 0 radical (unpaired) electrons. The van der Waals surface area contributed by atoms with E-state index in [0.29, 0.717) is 11.1 Å². The average Bonchev–Trinajstić information content (AvgIpc) is 2.46. The topological polar surface area (TPSA) is 40.9 Å². The van der Waals surface area contributed by atoms with Crippen LogP contribution in [0.15, 0.2) is 60.7 Å². The Bertz CT molecular complexity index is 607. The minimum Gasteiger partial charge on any atom is -0.298 e. The minimum atomic E-state index is 0.400. The largest absolute Gasteiger partial charge is 0.298 e. The van der Waals surface area contributed by atoms with E-state index in [1.807, 2.05) is 60.7 Å². The number of allylic oxidation sites excluding steroid dienone is 2. The molecule has 0 spiro atoms. The van der Waals surface area contributed by atoms with Crippen molar-refractivity contribution in [2.45, 2.75) is 0 Å². The highest BCUT2D eigenvalue weighted by Gasteiger charge is 2.09. The normalized spacial score (nSPS) is 11.3. The van der Waals surface area contributed by atoms with Gasteiger partial charge in [0, 0.05) is 5.57 Å². The van der Waals surface area contributed by atoms with Crippen molar-refractivity contribution in [3.8, 4) is 6.07 Å². The number of hydrogen-bond donors (Lipinski definition) is 0. The zero-order valence-corrected chi connectivity index (χ0v) is 9.71. The summed E-state index contributed by atoms with van der Waals surface area (Å²) in [5.41, 5.74) is 2.33. The molecular formula is C16H11NO. The molecule has 0 heterocycles. The Hall–Kier alpha value is -2.66. The number of benzene rings is 2. The predicted octanol–water partition coefficient (Wildman–Crippen LogP) is 3.32. The van der Waals surface area contributed by atoms with Gasteiger partial charge in [0.1, 0.15) is 6.07 Å². The summed E-state index contributed by atoms with van der Waals surface area (Å²) in [6.07, 6.45) is 0.737. The van der Waals surface area contributed by atoms with E-state index in [9.17, 15) is 10.1 Å². The van der Waals surface area contributed by atoms with Crippen molar-refractivity contribution in [3.05, 3.63) is 71.8 Å². The van der Waals surface area contributed by atoms with Crippen LogP contribution in [0.3, 0.4) is 0 Å². The molecule has 0 aliphatic rings. The van der Waals surface area contributed by atoms with E-state index in [1.54, 1.807) is 0 Å². The fraction of sp³-hybridized carbons (Fsp3) is 0. The molecule has 0 unspecified atom stereocenters. The first-order chi connectivity index (χ1) is 8.86. The van der Waals surface area contributed by atoms with Crippen LogP contribution in [0.4, 0.5) is 0 Å². The van der Waals surface area contributed by atoms with Crippen LogP contribution in [-0.4, -0.2) is 6.29 Å². The summed E-state index contributed by atoms with van der Waals surface area (Å²) in [5.74, 6) is 0. The van der Waals surface area contributed by atoms with Gasteiger partial charge in [-0.1, -0.05) is 60.7 Å². The lowest BCUT2D eigenvalue weighted by Gasteiger charge is -2.05. The SMILES string of the molecule is N#CC(=C(C=O)c1ccccc1)c1ccccc1. The average molecular weight is 233 g/mol. The maximum atomic E-state index is 11.3. The zero-order chi connectivity index (χ0) is 12.8. The van der Waals surface area contributed by atoms with Crippen molar-refractivity contribution in [1.82, 2.24) is 0 Å². The zero-order valence-electron chi connectivity index (χ0n) is 9.71. The van der Waals surface area contributed by atoms with E-state index in [0.717, 1.165) is 17.4 Å². The Morgan fingerprint density at radius 3 is 1.83 bits per heavy atom. The Morgan fingerprint density at radius 1 is 0.889 bits per heavy atom. The molecule has 0 aliphatic carbocycles. The summed E-state index contributed by atoms with van der Waals surface area (Å²) >= 11 is 0. The third-order valence-corrected chi connectivity index (χ3v) is 2.65. The van der Waals surface area contributed by atoms with Gasteiger partial charge in [-0.3, -0.25) is 4.79 Å². The van der Waals surface area contributed by atoms with E-state index < -0.39 is 0 Å². The van der Waals surface area contributed by atoms with Crippen LogP contribution in [0.5, 0.6) is 0 Å². The summed E-state index contributed by atoms with van der Waals surface area (Å²) in [5, 5.41) is 9.28. The number of nitriles is 1. The van der Waals surface area contributed by atoms with Crippen molar-refractivity contribution in [2.24, 2.45) is 0 Å². The standard InChI is InChI=1S/C16H11NO/c17-11-15(13-7-3-1-4-8-13)16(12-18)14-9-5-2-6-10-14/h1-10,12H. The second-order valence-electron chi connectivity index (χ2n) is 3.75. The fourth-order valence-electron chi connectivity index (χ4n) is 1.77. The second-order valence-corrected chi connectivity index (χ2v) is 3.75. The molecule has 0 saturated heterocycles. The van der Waals surface area contributed by atoms with Gasteiger partial charge in [-0.05, 0) is 11.1 Å². The molecule has 18 heavy (non-hydrogen) atoms. The van der Waals surface area contributed by atoms with E-state index in [2.05, 4.69) is 6.07 Å². The maximum Gasteiger partial charge on any atom is 0.152 e. The molecule has 2 nitrogen and oxygen atoms in total. The van der Waals surface area contributed by atoms with Gasteiger partial charge in [0.25, 0.3) is 0 Å². The van der Waals surface area contributed by atoms with Gasteiger partial charge in [0.05, 0.1) is 5.57 Å². The van der Waals surface area contributed by atoms with Crippen LogP contribution in [0.1, 0.15) is 11.1 Å². The molecule has 0 saturated carbocycles. The van der Waals surface area contributed by atoms with Gasteiger partial charge in [0.15, 0.2) is 6.29 Å². The third-order valence-electron chi connectivity index (χ3n) is 2.65. The number of aldehydes is 1. The minimum absolute atomic E-state index is 0.400. The van der Waals surface area contributed by atoms with Gasteiger partial charge < -0.3 is 0 Å². The lowest BCUT2D eigenvalue weighted by molar-refractivity contribution is -0.103. The molecule has 2 rings (SSSR count). The fourth-order valence-corrected chi connectivity index (χ4v) is 1.77. The summed E-state index contributed by atoms with van der Waals surface area (Å²) < 4.78 is 0. The summed E-state index contributed by atoms with van der Waals surface area (Å²) in [6.45, 7) is 0. The Labute approximate surface area is 106 Å². The molecule has 86 valence electrons. The number of nitrogens with zero attached hydrogens (tertiary/aromatic N) is 1. The highest BCUT2D eigenvalue weighted by atomic mass is 16.1. The van der Waals surface area contributed by atoms with Crippen molar-refractivity contribution >= 4 is 17.4 Å². The Kier molecular flexibility index (Phi) is 3.68. The first-order valence-electron chi connectivity index (χ1n) is 5.57. The van der Waals surface area contributed by atoms with E-state index in [4.69, 9.17) is 0 Å². The lowest BCUT2D eigenvalue weighted by Crippen LogP contribution is -1.92. The van der Waals surface area contributed by atoms with Crippen molar-refractivity contribution < 1.29 is 4.79 Å². The third kappa shape index (κ3) is 2.36. The van der Waals surface area contributed by atoms with Gasteiger partial charge in [-0.25, -0.2) is 0 Å². The number of rotatable bonds is 3. The van der Waals surface area contributed by atoms with Crippen molar-refractivity contribution in [2.75, 3.05) is 0 Å². The highest BCUT2D eigenvalue weighted by Crippen LogP contribution is 2.24. The smallest absolute Gasteiger partial charge is 0.152 e. The van der Waals surface area contributed by atoms with Crippen LogP contribution in [-0.2, 0) is 4.79 Å². The monoisotopic (exact) mass is 233 g/mol. The molecule has 2 heteroatoms. The molecular weight excluding hydrogens is 222 g/mol. The second kappa shape index (κ2) is 5.60. The van der Waals surface area contributed by atoms with Crippen LogP contribution in [0.2, 0.25) is 0 Å². The molecule has 0 atom stereocenters. The quantitative estimate of drug-likeness (QED) is 0.353. The molecule has 2 aromatic carbocycles. The maximum absolute atomic E-state index is 11.3. The van der Waals surface area contributed by atoms with Crippen LogP contribution in [0, 0.1) is 11.3 Å². The molecule has 0 N–H and O–H groups in total. The molecule has 0 fully saturated rings. The molecule has 2 aromatic rings. The number of carbonyl (C=O) groups excluding carboxylic acids is 1. The number of hydrogen-bond acceptors (Lipinski definition) is 2. The van der Waals surface area contributed by atoms with Gasteiger partial charge in [-0.15, -0.1) is 0 Å². The summed E-state index contributed by atoms with van der Waals surface area (Å²) in [6, 6.07) is 20.6. The van der Waals surface area contributed by atoms with Crippen LogP contribution in [0.25, 0.3) is 11.1 Å². The van der Waals surface area contributed by atoms with Crippen LogP contribution < -0.4 is 0 Å². The summed E-state index contributed by atoms with van der Waals surface area (Å²) in [7, 11) is 0. The van der Waals surface area contributed by atoms with Crippen molar-refractivity contribution in [1.29, 1.82) is 5.26 Å². The lowest BCUT2D eigenvalue weighted by atomic mass is 9.96. The molecule has 0 amide bonds. The van der Waals surface area contributed by atoms with E-state index >= 15 is 0 Å². The number of carbonyl (C=O) groups is 1. The van der Waals surface area contributed by atoms with E-state index in [1.165, 1.54) is 0 Å². The molecule has 0 aliphatic heterocycles. The molecule has 0 bridgehead atoms. The van der Waals surface area contributed by atoms with Gasteiger partial charge in [0.2, 0.25) is 0 Å². The summed E-state index contributed by atoms with van der Waals surface area (Å²) in [4.78, 5) is 11.3. The first-order valence-corrected chi connectivity index (χ1v) is 5.57. The van der Waals surface area contributed by atoms with Gasteiger partial charge in [-0.2, -0.15) is 5.26 Å². The Morgan fingerprint density at radius 2 is 1.39 bits per heavy atom. The van der Waals surface area contributed by atoms with Crippen molar-refractivity contribution in [3.63, 3.8) is 0 Å².